The minimum absolute atomic E-state index is 0.0421. The fourth-order valence-corrected chi connectivity index (χ4v) is 3.40. The molecule has 0 radical (unpaired) electrons. The fraction of sp³-hybridized carbons (Fsp3) is 0.467. The van der Waals surface area contributed by atoms with Gasteiger partial charge in [-0.15, -0.1) is 0 Å². The van der Waals surface area contributed by atoms with Gasteiger partial charge in [-0.3, -0.25) is 9.59 Å². The highest BCUT2D eigenvalue weighted by atomic mass is 32.2. The lowest BCUT2D eigenvalue weighted by Crippen LogP contribution is -2.33. The zero-order valence-corrected chi connectivity index (χ0v) is 14.0. The summed E-state index contributed by atoms with van der Waals surface area (Å²) in [5, 5.41) is 8.64. The van der Waals surface area contributed by atoms with E-state index in [0.29, 0.717) is 31.1 Å². The van der Waals surface area contributed by atoms with Crippen molar-refractivity contribution in [1.29, 1.82) is 0 Å². The smallest absolute Gasteiger partial charge is 0.323 e. The first-order valence-corrected chi connectivity index (χ1v) is 9.03. The maximum absolute atomic E-state index is 12.4. The number of rotatable bonds is 6. The molecule has 0 aromatic heterocycles. The second-order valence-electron chi connectivity index (χ2n) is 5.37. The number of hydrogen-bond donors (Lipinski definition) is 1. The first-order chi connectivity index (χ1) is 11.3. The van der Waals surface area contributed by atoms with E-state index >= 15 is 0 Å². The number of amides is 1. The van der Waals surface area contributed by atoms with Crippen LogP contribution in [0.2, 0.25) is 0 Å². The summed E-state index contributed by atoms with van der Waals surface area (Å²) in [6, 6.07) is 4.33. The van der Waals surface area contributed by atoms with Crippen LogP contribution in [0.25, 0.3) is 0 Å². The molecule has 1 aromatic rings. The van der Waals surface area contributed by atoms with Crippen LogP contribution in [0.3, 0.4) is 0 Å². The van der Waals surface area contributed by atoms with Gasteiger partial charge in [0.1, 0.15) is 6.54 Å². The molecule has 1 aliphatic heterocycles. The third-order valence-corrected chi connectivity index (χ3v) is 5.17. The average Bonchev–Trinajstić information content (AvgIpc) is 2.76. The number of sulfone groups is 1. The van der Waals surface area contributed by atoms with Gasteiger partial charge in [0.05, 0.1) is 23.9 Å². The molecule has 1 aromatic carbocycles. The summed E-state index contributed by atoms with van der Waals surface area (Å²) in [4.78, 5) is 23.4. The van der Waals surface area contributed by atoms with Crippen LogP contribution in [0.5, 0.6) is 11.5 Å². The molecule has 0 aliphatic carbocycles. The molecular formula is C15H19NO7S. The predicted octanol–water partition coefficient (Wildman–Crippen LogP) is 0.555. The van der Waals surface area contributed by atoms with Crippen LogP contribution in [0.15, 0.2) is 23.1 Å². The molecule has 1 heterocycles. The Bertz CT molecular complexity index is 729. The standard InChI is InChI=1S/C15H19NO7S/c1-16(10-15(18)19)14(17)5-8-24(20,21)11-3-4-12-13(9-11)23-7-2-6-22-12/h3-4,9H,2,5-8,10H2,1H3,(H,18,19). The minimum atomic E-state index is -3.69. The number of benzene rings is 1. The largest absolute Gasteiger partial charge is 0.490 e. The Kier molecular flexibility index (Phi) is 5.66. The van der Waals surface area contributed by atoms with Crippen LogP contribution >= 0.6 is 0 Å². The normalized spacial score (nSPS) is 13.9. The highest BCUT2D eigenvalue weighted by Gasteiger charge is 2.21. The molecule has 2 rings (SSSR count). The topological polar surface area (TPSA) is 110 Å². The molecule has 1 amide bonds. The molecule has 0 bridgehead atoms. The monoisotopic (exact) mass is 357 g/mol. The van der Waals surface area contributed by atoms with Crippen LogP contribution in [-0.4, -0.2) is 62.9 Å². The van der Waals surface area contributed by atoms with Gasteiger partial charge in [0.2, 0.25) is 5.91 Å². The van der Waals surface area contributed by atoms with Crippen LogP contribution < -0.4 is 9.47 Å². The molecule has 1 N–H and O–H groups in total. The third kappa shape index (κ3) is 4.60. The molecule has 0 saturated carbocycles. The summed E-state index contributed by atoms with van der Waals surface area (Å²) in [7, 11) is -2.38. The summed E-state index contributed by atoms with van der Waals surface area (Å²) in [5.41, 5.74) is 0. The Hall–Kier alpha value is -2.29. The van der Waals surface area contributed by atoms with Gasteiger partial charge >= 0.3 is 5.97 Å². The summed E-state index contributed by atoms with van der Waals surface area (Å²) >= 11 is 0. The molecule has 8 nitrogen and oxygen atoms in total. The lowest BCUT2D eigenvalue weighted by molar-refractivity contribution is -0.143. The van der Waals surface area contributed by atoms with Crippen molar-refractivity contribution in [3.8, 4) is 11.5 Å². The molecule has 0 spiro atoms. The van der Waals surface area contributed by atoms with E-state index in [1.165, 1.54) is 25.2 Å². The van der Waals surface area contributed by atoms with E-state index in [0.717, 1.165) is 4.90 Å². The molecule has 0 unspecified atom stereocenters. The quantitative estimate of drug-likeness (QED) is 0.792. The fourth-order valence-electron chi connectivity index (χ4n) is 2.16. The SMILES string of the molecule is CN(CC(=O)O)C(=O)CCS(=O)(=O)c1ccc2c(c1)OCCCO2. The Morgan fingerprint density at radius 3 is 2.54 bits per heavy atom. The molecule has 9 heteroatoms. The lowest BCUT2D eigenvalue weighted by atomic mass is 10.3. The number of ether oxygens (including phenoxy) is 2. The van der Waals surface area contributed by atoms with Gasteiger partial charge in [-0.05, 0) is 12.1 Å². The van der Waals surface area contributed by atoms with Crippen molar-refractivity contribution in [1.82, 2.24) is 4.90 Å². The van der Waals surface area contributed by atoms with E-state index in [9.17, 15) is 18.0 Å². The number of hydrogen-bond acceptors (Lipinski definition) is 6. The first kappa shape index (κ1) is 18.1. The van der Waals surface area contributed by atoms with E-state index < -0.39 is 34.0 Å². The van der Waals surface area contributed by atoms with Crippen molar-refractivity contribution in [2.75, 3.05) is 32.6 Å². The maximum atomic E-state index is 12.4. The Morgan fingerprint density at radius 1 is 1.21 bits per heavy atom. The van der Waals surface area contributed by atoms with Gasteiger partial charge < -0.3 is 19.5 Å². The Morgan fingerprint density at radius 2 is 1.88 bits per heavy atom. The molecular weight excluding hydrogens is 338 g/mol. The van der Waals surface area contributed by atoms with Crippen LogP contribution in [-0.2, 0) is 19.4 Å². The number of nitrogens with zero attached hydrogens (tertiary/aromatic N) is 1. The van der Waals surface area contributed by atoms with Crippen molar-refractivity contribution in [3.63, 3.8) is 0 Å². The number of carboxylic acid groups (broad SMARTS) is 1. The summed E-state index contributed by atoms with van der Waals surface area (Å²) in [6.07, 6.45) is 0.418. The Labute approximate surface area is 139 Å². The highest BCUT2D eigenvalue weighted by Crippen LogP contribution is 2.32. The molecule has 0 fully saturated rings. The van der Waals surface area contributed by atoms with E-state index in [4.69, 9.17) is 14.6 Å². The number of carbonyl (C=O) groups excluding carboxylic acids is 1. The maximum Gasteiger partial charge on any atom is 0.323 e. The average molecular weight is 357 g/mol. The van der Waals surface area contributed by atoms with Crippen LogP contribution in [0, 0.1) is 0 Å². The zero-order chi connectivity index (χ0) is 17.7. The minimum Gasteiger partial charge on any atom is -0.490 e. The molecule has 24 heavy (non-hydrogen) atoms. The summed E-state index contributed by atoms with van der Waals surface area (Å²) < 4.78 is 35.6. The predicted molar refractivity (Wildman–Crippen MR) is 84.0 cm³/mol. The van der Waals surface area contributed by atoms with Gasteiger partial charge in [0.25, 0.3) is 0 Å². The van der Waals surface area contributed by atoms with Crippen molar-refractivity contribution in [2.24, 2.45) is 0 Å². The summed E-state index contributed by atoms with van der Waals surface area (Å²) in [6.45, 7) is 0.474. The second-order valence-corrected chi connectivity index (χ2v) is 7.48. The van der Waals surface area contributed by atoms with E-state index in [2.05, 4.69) is 0 Å². The zero-order valence-electron chi connectivity index (χ0n) is 13.2. The van der Waals surface area contributed by atoms with E-state index in [-0.39, 0.29) is 11.3 Å². The van der Waals surface area contributed by atoms with Crippen molar-refractivity contribution in [2.45, 2.75) is 17.7 Å². The second kappa shape index (κ2) is 7.52. The third-order valence-electron chi connectivity index (χ3n) is 3.46. The van der Waals surface area contributed by atoms with Crippen molar-refractivity contribution >= 4 is 21.7 Å². The first-order valence-electron chi connectivity index (χ1n) is 7.38. The number of carboxylic acids is 1. The highest BCUT2D eigenvalue weighted by molar-refractivity contribution is 7.91. The number of likely N-dealkylation sites (N-methyl/N-ethyl adjacent to an activating group) is 1. The number of aliphatic carboxylic acids is 1. The van der Waals surface area contributed by atoms with Gasteiger partial charge in [-0.2, -0.15) is 0 Å². The number of carbonyl (C=O) groups is 2. The molecule has 132 valence electrons. The van der Waals surface area contributed by atoms with Gasteiger partial charge in [0.15, 0.2) is 21.3 Å². The number of fused-ring (bicyclic) bond motifs is 1. The van der Waals surface area contributed by atoms with Gasteiger partial charge in [0, 0.05) is 26.0 Å². The molecule has 0 saturated heterocycles. The van der Waals surface area contributed by atoms with E-state index in [1.54, 1.807) is 0 Å². The lowest BCUT2D eigenvalue weighted by Gasteiger charge is -2.14. The van der Waals surface area contributed by atoms with Crippen LogP contribution in [0.1, 0.15) is 12.8 Å². The Balaban J connectivity index is 2.06. The van der Waals surface area contributed by atoms with E-state index in [1.807, 2.05) is 0 Å². The van der Waals surface area contributed by atoms with Gasteiger partial charge in [-0.1, -0.05) is 0 Å². The van der Waals surface area contributed by atoms with Crippen molar-refractivity contribution < 1.29 is 32.6 Å². The van der Waals surface area contributed by atoms with Gasteiger partial charge in [-0.25, -0.2) is 8.42 Å². The van der Waals surface area contributed by atoms with Crippen LogP contribution in [0.4, 0.5) is 0 Å². The van der Waals surface area contributed by atoms with Crippen molar-refractivity contribution in [3.05, 3.63) is 18.2 Å². The molecule has 1 aliphatic rings. The summed E-state index contributed by atoms with van der Waals surface area (Å²) in [5.74, 6) is -1.26. The molecule has 0 atom stereocenters.